The van der Waals surface area contributed by atoms with Crippen molar-refractivity contribution >= 4 is 23.7 Å². The summed E-state index contributed by atoms with van der Waals surface area (Å²) in [7, 11) is 1.72. The summed E-state index contributed by atoms with van der Waals surface area (Å²) in [5.74, 6) is 1.28. The summed E-state index contributed by atoms with van der Waals surface area (Å²) in [6.07, 6.45) is 6.43. The van der Waals surface area contributed by atoms with Crippen molar-refractivity contribution in [1.29, 1.82) is 0 Å². The first kappa shape index (κ1) is 26.0. The summed E-state index contributed by atoms with van der Waals surface area (Å²) in [4.78, 5) is 17.9. The molecular formula is C33H33ClN2O2. The number of nitrogens with zero attached hydrogens (tertiary/aromatic N) is 2. The number of hydrogen-bond donors (Lipinski definition) is 0. The molecule has 0 bridgehead atoms. The Morgan fingerprint density at radius 2 is 1.68 bits per heavy atom. The first-order valence-corrected chi connectivity index (χ1v) is 13.5. The molecule has 38 heavy (non-hydrogen) atoms. The Morgan fingerprint density at radius 3 is 2.32 bits per heavy atom. The molecule has 1 aliphatic carbocycles. The third-order valence-corrected chi connectivity index (χ3v) is 8.33. The zero-order valence-corrected chi connectivity index (χ0v) is 23.1. The normalized spacial score (nSPS) is 18.2. The Labute approximate surface area is 230 Å². The van der Waals surface area contributed by atoms with Crippen molar-refractivity contribution in [2.24, 2.45) is 0 Å². The van der Waals surface area contributed by atoms with Gasteiger partial charge < -0.3 is 9.64 Å². The average molecular weight is 525 g/mol. The van der Waals surface area contributed by atoms with E-state index in [2.05, 4.69) is 67.4 Å². The van der Waals surface area contributed by atoms with E-state index in [1.165, 1.54) is 11.1 Å². The number of aromatic nitrogens is 1. The van der Waals surface area contributed by atoms with Crippen LogP contribution in [-0.2, 0) is 16.6 Å². The number of aryl methyl sites for hydroxylation is 1. The van der Waals surface area contributed by atoms with E-state index in [0.29, 0.717) is 17.5 Å². The Kier molecular flexibility index (Phi) is 7.27. The predicted molar refractivity (Wildman–Crippen MR) is 156 cm³/mol. The highest BCUT2D eigenvalue weighted by Crippen LogP contribution is 2.63. The van der Waals surface area contributed by atoms with E-state index in [9.17, 15) is 4.79 Å². The van der Waals surface area contributed by atoms with Gasteiger partial charge in [0.25, 0.3) is 0 Å². The molecule has 1 amide bonds. The lowest BCUT2D eigenvalue weighted by Crippen LogP contribution is -2.23. The van der Waals surface area contributed by atoms with Gasteiger partial charge >= 0.3 is 0 Å². The number of carbonyl (C=O) groups excluding carboxylic acids is 1. The summed E-state index contributed by atoms with van der Waals surface area (Å²) in [6.45, 7) is 7.02. The highest BCUT2D eigenvalue weighted by molar-refractivity contribution is 6.33. The SMILES string of the molecule is CCc1cc(C2CC2(C)c2cc(-c3ccc(-c4ccncc4)cc3)c(Cl)cc2N(C=O)CC)ccc1OC. The van der Waals surface area contributed by atoms with Crippen LogP contribution in [0.1, 0.15) is 49.8 Å². The van der Waals surface area contributed by atoms with Gasteiger partial charge in [-0.25, -0.2) is 0 Å². The van der Waals surface area contributed by atoms with E-state index in [1.807, 2.05) is 25.1 Å². The molecule has 5 rings (SSSR count). The number of amides is 1. The van der Waals surface area contributed by atoms with Crippen molar-refractivity contribution in [3.8, 4) is 28.0 Å². The monoisotopic (exact) mass is 524 g/mol. The van der Waals surface area contributed by atoms with Gasteiger partial charge in [0.05, 0.1) is 12.1 Å². The van der Waals surface area contributed by atoms with Crippen LogP contribution in [0.25, 0.3) is 22.3 Å². The molecule has 1 fully saturated rings. The van der Waals surface area contributed by atoms with Crippen LogP contribution >= 0.6 is 11.6 Å². The number of anilines is 1. The van der Waals surface area contributed by atoms with E-state index in [0.717, 1.165) is 58.5 Å². The Balaban J connectivity index is 1.57. The molecule has 1 saturated carbocycles. The van der Waals surface area contributed by atoms with Crippen LogP contribution < -0.4 is 9.64 Å². The molecule has 5 heteroatoms. The number of hydrogen-bond acceptors (Lipinski definition) is 3. The molecule has 4 aromatic rings. The van der Waals surface area contributed by atoms with Crippen molar-refractivity contribution in [2.75, 3.05) is 18.6 Å². The van der Waals surface area contributed by atoms with Crippen LogP contribution in [0, 0.1) is 0 Å². The van der Waals surface area contributed by atoms with E-state index in [1.54, 1.807) is 24.4 Å². The summed E-state index contributed by atoms with van der Waals surface area (Å²) in [5.41, 5.74) is 8.73. The summed E-state index contributed by atoms with van der Waals surface area (Å²) in [5, 5.41) is 0.638. The maximum absolute atomic E-state index is 12.0. The summed E-state index contributed by atoms with van der Waals surface area (Å²) < 4.78 is 5.56. The standard InChI is InChI=1S/C33H33ClN2O2/c1-5-22-17-26(11-12-32(22)38-4)29-20-33(29,3)28-18-27(30(34)19-31(28)36(6-2)21-37)25-9-7-23(8-10-25)24-13-15-35-16-14-24/h7-19,21,29H,5-6,20H2,1-4H3. The molecule has 194 valence electrons. The zero-order chi connectivity index (χ0) is 26.9. The van der Waals surface area contributed by atoms with Crippen molar-refractivity contribution < 1.29 is 9.53 Å². The maximum atomic E-state index is 12.0. The molecule has 1 heterocycles. The minimum absolute atomic E-state index is 0.109. The van der Waals surface area contributed by atoms with Crippen molar-refractivity contribution in [3.05, 3.63) is 101 Å². The molecule has 4 nitrogen and oxygen atoms in total. The van der Waals surface area contributed by atoms with Gasteiger partial charge in [-0.3, -0.25) is 9.78 Å². The van der Waals surface area contributed by atoms with Crippen molar-refractivity contribution in [1.82, 2.24) is 4.98 Å². The maximum Gasteiger partial charge on any atom is 0.214 e. The lowest BCUT2D eigenvalue weighted by molar-refractivity contribution is -0.107. The Hall–Kier alpha value is -3.63. The van der Waals surface area contributed by atoms with Gasteiger partial charge in [-0.15, -0.1) is 0 Å². The minimum Gasteiger partial charge on any atom is -0.496 e. The third-order valence-electron chi connectivity index (χ3n) is 8.01. The second-order valence-corrected chi connectivity index (χ2v) is 10.6. The van der Waals surface area contributed by atoms with Crippen LogP contribution in [-0.4, -0.2) is 25.0 Å². The van der Waals surface area contributed by atoms with Crippen LogP contribution in [0.2, 0.25) is 5.02 Å². The van der Waals surface area contributed by atoms with E-state index in [4.69, 9.17) is 16.3 Å². The van der Waals surface area contributed by atoms with Gasteiger partial charge in [0, 0.05) is 35.6 Å². The number of ether oxygens (including phenoxy) is 1. The smallest absolute Gasteiger partial charge is 0.214 e. The number of pyridine rings is 1. The highest BCUT2D eigenvalue weighted by Gasteiger charge is 2.53. The lowest BCUT2D eigenvalue weighted by atomic mass is 9.87. The molecular weight excluding hydrogens is 492 g/mol. The predicted octanol–water partition coefficient (Wildman–Crippen LogP) is 8.07. The number of rotatable bonds is 9. The Morgan fingerprint density at radius 1 is 1.00 bits per heavy atom. The first-order valence-electron chi connectivity index (χ1n) is 13.2. The third kappa shape index (κ3) is 4.69. The fourth-order valence-corrected chi connectivity index (χ4v) is 5.87. The number of carbonyl (C=O) groups is 1. The largest absolute Gasteiger partial charge is 0.496 e. The van der Waals surface area contributed by atoms with E-state index in [-0.39, 0.29) is 5.41 Å². The molecule has 0 aliphatic heterocycles. The van der Waals surface area contributed by atoms with Crippen LogP contribution in [0.15, 0.2) is 79.1 Å². The second kappa shape index (κ2) is 10.6. The summed E-state index contributed by atoms with van der Waals surface area (Å²) in [6, 6.07) is 23.2. The average Bonchev–Trinajstić information content (AvgIpc) is 3.66. The van der Waals surface area contributed by atoms with E-state index >= 15 is 0 Å². The molecule has 1 aromatic heterocycles. The highest BCUT2D eigenvalue weighted by atomic mass is 35.5. The molecule has 1 aliphatic rings. The van der Waals surface area contributed by atoms with Gasteiger partial charge in [-0.2, -0.15) is 0 Å². The number of halogens is 1. The van der Waals surface area contributed by atoms with Crippen LogP contribution in [0.4, 0.5) is 5.69 Å². The molecule has 0 N–H and O–H groups in total. The van der Waals surface area contributed by atoms with Crippen LogP contribution in [0.5, 0.6) is 5.75 Å². The topological polar surface area (TPSA) is 42.4 Å². The van der Waals surface area contributed by atoms with Crippen molar-refractivity contribution in [2.45, 2.75) is 44.9 Å². The van der Waals surface area contributed by atoms with Crippen LogP contribution in [0.3, 0.4) is 0 Å². The summed E-state index contributed by atoms with van der Waals surface area (Å²) >= 11 is 6.88. The molecule has 0 spiro atoms. The van der Waals surface area contributed by atoms with Gasteiger partial charge in [-0.1, -0.05) is 61.8 Å². The number of benzene rings is 3. The minimum atomic E-state index is -0.109. The van der Waals surface area contributed by atoms with Gasteiger partial charge in [0.1, 0.15) is 5.75 Å². The van der Waals surface area contributed by atoms with Gasteiger partial charge in [-0.05, 0) is 89.4 Å². The fourth-order valence-electron chi connectivity index (χ4n) is 5.61. The van der Waals surface area contributed by atoms with Gasteiger partial charge in [0.15, 0.2) is 0 Å². The molecule has 0 saturated heterocycles. The number of methoxy groups -OCH3 is 1. The molecule has 3 aromatic carbocycles. The fraction of sp³-hybridized carbons (Fsp3) is 0.273. The second-order valence-electron chi connectivity index (χ2n) is 10.2. The first-order chi connectivity index (χ1) is 18.4. The lowest BCUT2D eigenvalue weighted by Gasteiger charge is -2.25. The zero-order valence-electron chi connectivity index (χ0n) is 22.4. The molecule has 2 atom stereocenters. The quantitative estimate of drug-likeness (QED) is 0.208. The molecule has 2 unspecified atom stereocenters. The Bertz CT molecular complexity index is 1450. The van der Waals surface area contributed by atoms with E-state index < -0.39 is 0 Å². The molecule has 0 radical (unpaired) electrons. The van der Waals surface area contributed by atoms with Crippen molar-refractivity contribution in [3.63, 3.8) is 0 Å². The van der Waals surface area contributed by atoms with Gasteiger partial charge in [0.2, 0.25) is 6.41 Å².